The summed E-state index contributed by atoms with van der Waals surface area (Å²) in [6, 6.07) is 3.98. The predicted molar refractivity (Wildman–Crippen MR) is 148 cm³/mol. The highest BCUT2D eigenvalue weighted by Crippen LogP contribution is 2.42. The van der Waals surface area contributed by atoms with E-state index in [1.165, 1.54) is 24.4 Å². The molecule has 206 valence electrons. The minimum absolute atomic E-state index is 0.0414. The first-order valence-corrected chi connectivity index (χ1v) is 13.2. The van der Waals surface area contributed by atoms with Gasteiger partial charge in [-0.05, 0) is 31.6 Å². The maximum absolute atomic E-state index is 16.3. The van der Waals surface area contributed by atoms with Gasteiger partial charge in [0.25, 0.3) is 0 Å². The average Bonchev–Trinajstić information content (AvgIpc) is 3.51. The number of amides is 1. The molecule has 10 nitrogen and oxygen atoms in total. The Kier molecular flexibility index (Phi) is 7.22. The van der Waals surface area contributed by atoms with Crippen LogP contribution >= 0.6 is 11.3 Å². The lowest BCUT2D eigenvalue weighted by Gasteiger charge is -2.31. The number of halogens is 2. The molecule has 0 saturated carbocycles. The van der Waals surface area contributed by atoms with E-state index in [0.29, 0.717) is 18.8 Å². The van der Waals surface area contributed by atoms with E-state index in [9.17, 15) is 19.6 Å². The molecule has 1 aromatic carbocycles. The number of likely N-dealkylation sites (tertiary alicyclic amines) is 1. The number of fused-ring (bicyclic) bond motifs is 2. The number of nitrogen functional groups attached to an aromatic ring is 1. The summed E-state index contributed by atoms with van der Waals surface area (Å²) in [5.74, 6) is -1.27. The van der Waals surface area contributed by atoms with Crippen LogP contribution in [0.1, 0.15) is 18.9 Å². The molecule has 5 rings (SSSR count). The molecule has 0 spiro atoms. The van der Waals surface area contributed by atoms with Crippen molar-refractivity contribution in [1.29, 1.82) is 5.26 Å². The molecule has 1 aliphatic rings. The van der Waals surface area contributed by atoms with E-state index in [1.807, 2.05) is 17.9 Å². The average molecular weight is 566 g/mol. The molecule has 1 amide bonds. The van der Waals surface area contributed by atoms with Crippen molar-refractivity contribution in [3.63, 3.8) is 0 Å². The Morgan fingerprint density at radius 1 is 1.43 bits per heavy atom. The Morgan fingerprint density at radius 2 is 2.20 bits per heavy atom. The van der Waals surface area contributed by atoms with E-state index >= 15 is 4.39 Å². The maximum Gasteiger partial charge on any atom is 0.319 e. The number of rotatable bonds is 7. The highest BCUT2D eigenvalue weighted by atomic mass is 32.1. The Labute approximate surface area is 231 Å². The summed E-state index contributed by atoms with van der Waals surface area (Å²) in [6.45, 7) is 5.58. The number of nitrogens with two attached hydrogens (primary N) is 1. The van der Waals surface area contributed by atoms with Crippen molar-refractivity contribution in [2.45, 2.75) is 25.4 Å². The summed E-state index contributed by atoms with van der Waals surface area (Å²) in [6.07, 6.45) is 3.32. The lowest BCUT2D eigenvalue weighted by atomic mass is 10.0. The number of thiophene rings is 1. The van der Waals surface area contributed by atoms with Crippen LogP contribution in [0.2, 0.25) is 0 Å². The maximum atomic E-state index is 16.3. The van der Waals surface area contributed by atoms with Crippen molar-refractivity contribution in [1.82, 2.24) is 19.9 Å². The second kappa shape index (κ2) is 10.6. The molecule has 4 heterocycles. The zero-order chi connectivity index (χ0) is 28.7. The Hall–Kier alpha value is -4.41. The SMILES string of the molecule is C=CC(=O)N1CCC(N(C)c2nc(OCCO)nc3c(F)c(-c4ccc(F)c5sc(N)c(C#N)c45)ncc23)C1C. The van der Waals surface area contributed by atoms with Gasteiger partial charge in [0.05, 0.1) is 28.3 Å². The topological polar surface area (TPSA) is 141 Å². The van der Waals surface area contributed by atoms with E-state index in [2.05, 4.69) is 21.5 Å². The van der Waals surface area contributed by atoms with Gasteiger partial charge in [-0.15, -0.1) is 11.3 Å². The number of nitriles is 1. The van der Waals surface area contributed by atoms with E-state index < -0.39 is 11.6 Å². The summed E-state index contributed by atoms with van der Waals surface area (Å²) in [5, 5.41) is 19.5. The molecule has 40 heavy (non-hydrogen) atoms. The normalized spacial score (nSPS) is 16.9. The molecule has 13 heteroatoms. The van der Waals surface area contributed by atoms with Gasteiger partial charge < -0.3 is 25.4 Å². The van der Waals surface area contributed by atoms with E-state index in [4.69, 9.17) is 10.5 Å². The molecule has 3 N–H and O–H groups in total. The minimum atomic E-state index is -0.826. The van der Waals surface area contributed by atoms with E-state index in [-0.39, 0.29) is 80.0 Å². The van der Waals surface area contributed by atoms with Crippen molar-refractivity contribution < 1.29 is 23.4 Å². The molecular formula is C27H25F2N7O3S. The zero-order valence-corrected chi connectivity index (χ0v) is 22.5. The molecule has 0 bridgehead atoms. The highest BCUT2D eigenvalue weighted by molar-refractivity contribution is 7.23. The number of carbonyl (C=O) groups excluding carboxylic acids is 1. The monoisotopic (exact) mass is 565 g/mol. The van der Waals surface area contributed by atoms with Crippen LogP contribution in [0.4, 0.5) is 19.6 Å². The summed E-state index contributed by atoms with van der Waals surface area (Å²) in [5.41, 5.74) is 5.93. The molecular weight excluding hydrogens is 540 g/mol. The number of aliphatic hydroxyl groups is 1. The van der Waals surface area contributed by atoms with Gasteiger partial charge in [-0.2, -0.15) is 15.2 Å². The number of aromatic nitrogens is 3. The summed E-state index contributed by atoms with van der Waals surface area (Å²) in [7, 11) is 1.78. The Balaban J connectivity index is 1.69. The number of benzene rings is 1. The number of hydrogen-bond acceptors (Lipinski definition) is 10. The van der Waals surface area contributed by atoms with Gasteiger partial charge in [-0.25, -0.2) is 8.78 Å². The zero-order valence-electron chi connectivity index (χ0n) is 21.7. The molecule has 1 fully saturated rings. The highest BCUT2D eigenvalue weighted by Gasteiger charge is 2.37. The predicted octanol–water partition coefficient (Wildman–Crippen LogP) is 3.62. The van der Waals surface area contributed by atoms with Crippen LogP contribution in [0.3, 0.4) is 0 Å². The number of anilines is 2. The van der Waals surface area contributed by atoms with Crippen LogP contribution in [0.25, 0.3) is 32.2 Å². The molecule has 1 aliphatic heterocycles. The van der Waals surface area contributed by atoms with Gasteiger partial charge in [0.2, 0.25) is 5.91 Å². The largest absolute Gasteiger partial charge is 0.461 e. The standard InChI is InChI=1S/C27H25F2N7O3S/c1-4-19(38)36-8-7-18(13(36)2)35(3)26-16-12-32-22(21(29)23(16)33-27(34-26)39-10-9-37)14-5-6-17(28)24-20(14)15(11-30)25(31)40-24/h4-6,12-13,18,37H,1,7-10,31H2,2-3H3. The van der Waals surface area contributed by atoms with Crippen LogP contribution in [0, 0.1) is 23.0 Å². The third kappa shape index (κ3) is 4.35. The van der Waals surface area contributed by atoms with Crippen LogP contribution in [0.5, 0.6) is 6.01 Å². The fraction of sp³-hybridized carbons (Fsp3) is 0.296. The van der Waals surface area contributed by atoms with Gasteiger partial charge in [0.15, 0.2) is 5.82 Å². The second-order valence-electron chi connectivity index (χ2n) is 9.28. The van der Waals surface area contributed by atoms with Gasteiger partial charge in [-0.3, -0.25) is 9.78 Å². The second-order valence-corrected chi connectivity index (χ2v) is 10.3. The lowest BCUT2D eigenvalue weighted by molar-refractivity contribution is -0.126. The van der Waals surface area contributed by atoms with Crippen LogP contribution in [0.15, 0.2) is 31.0 Å². The minimum Gasteiger partial charge on any atom is -0.461 e. The third-order valence-electron chi connectivity index (χ3n) is 7.15. The van der Waals surface area contributed by atoms with E-state index in [1.54, 1.807) is 11.9 Å². The first-order chi connectivity index (χ1) is 19.2. The van der Waals surface area contributed by atoms with Gasteiger partial charge in [0.1, 0.15) is 40.5 Å². The lowest BCUT2D eigenvalue weighted by Crippen LogP contribution is -2.43. The van der Waals surface area contributed by atoms with Crippen molar-refractivity contribution >= 4 is 49.1 Å². The summed E-state index contributed by atoms with van der Waals surface area (Å²) >= 11 is 0.904. The van der Waals surface area contributed by atoms with Gasteiger partial charge in [0, 0.05) is 36.8 Å². The Morgan fingerprint density at radius 3 is 2.90 bits per heavy atom. The van der Waals surface area contributed by atoms with Crippen LogP contribution in [-0.2, 0) is 4.79 Å². The number of hydrogen-bond donors (Lipinski definition) is 2. The third-order valence-corrected chi connectivity index (χ3v) is 8.18. The Bertz CT molecular complexity index is 1700. The van der Waals surface area contributed by atoms with E-state index in [0.717, 1.165) is 11.3 Å². The fourth-order valence-electron chi connectivity index (χ4n) is 5.20. The number of pyridine rings is 1. The summed E-state index contributed by atoms with van der Waals surface area (Å²) in [4.78, 5) is 29.0. The van der Waals surface area contributed by atoms with Crippen molar-refractivity contribution in [3.05, 3.63) is 48.2 Å². The molecule has 0 radical (unpaired) electrons. The van der Waals surface area contributed by atoms with Gasteiger partial charge in [-0.1, -0.05) is 6.58 Å². The van der Waals surface area contributed by atoms with Gasteiger partial charge >= 0.3 is 6.01 Å². The first-order valence-electron chi connectivity index (χ1n) is 12.4. The number of ether oxygens (including phenoxy) is 1. The first kappa shape index (κ1) is 27.2. The summed E-state index contributed by atoms with van der Waals surface area (Å²) < 4.78 is 36.5. The quantitative estimate of drug-likeness (QED) is 0.321. The van der Waals surface area contributed by atoms with Crippen LogP contribution < -0.4 is 15.4 Å². The number of carbonyl (C=O) groups is 1. The van der Waals surface area contributed by atoms with Crippen molar-refractivity contribution in [2.24, 2.45) is 0 Å². The molecule has 1 saturated heterocycles. The number of aliphatic hydroxyl groups excluding tert-OH is 1. The fourth-order valence-corrected chi connectivity index (χ4v) is 6.15. The molecule has 0 aliphatic carbocycles. The molecule has 2 atom stereocenters. The van der Waals surface area contributed by atoms with Crippen molar-refractivity contribution in [3.8, 4) is 23.3 Å². The molecule has 2 unspecified atom stereocenters. The van der Waals surface area contributed by atoms with Crippen LogP contribution in [-0.4, -0.2) is 69.8 Å². The number of nitrogens with zero attached hydrogens (tertiary/aromatic N) is 6. The smallest absolute Gasteiger partial charge is 0.319 e. The molecule has 3 aromatic heterocycles. The van der Waals surface area contributed by atoms with Crippen molar-refractivity contribution in [2.75, 3.05) is 37.4 Å². The number of likely N-dealkylation sites (N-methyl/N-ethyl adjacent to an activating group) is 1. The molecule has 4 aromatic rings.